The smallest absolute Gasteiger partial charge is 0.355 e. The van der Waals surface area contributed by atoms with Crippen molar-refractivity contribution < 1.29 is 18.7 Å². The zero-order valence-electron chi connectivity index (χ0n) is 7.94. The lowest BCUT2D eigenvalue weighted by atomic mass is 10.0. The van der Waals surface area contributed by atoms with E-state index in [9.17, 15) is 13.6 Å². The van der Waals surface area contributed by atoms with Gasteiger partial charge in [0.1, 0.15) is 6.07 Å². The van der Waals surface area contributed by atoms with Gasteiger partial charge in [0.25, 0.3) is 6.43 Å². The van der Waals surface area contributed by atoms with E-state index >= 15 is 0 Å². The maximum absolute atomic E-state index is 12.7. The fourth-order valence-corrected chi connectivity index (χ4v) is 1.29. The third-order valence-electron chi connectivity index (χ3n) is 1.97. The molecular weight excluding hydrogens is 220 g/mol. The zero-order valence-corrected chi connectivity index (χ0v) is 7.94. The highest BCUT2D eigenvalue weighted by atomic mass is 19.3. The highest BCUT2D eigenvalue weighted by molar-refractivity contribution is 5.87. The van der Waals surface area contributed by atoms with Crippen LogP contribution in [-0.4, -0.2) is 16.1 Å². The van der Waals surface area contributed by atoms with Crippen LogP contribution in [0.15, 0.2) is 6.20 Å². The predicted octanol–water partition coefficient (Wildman–Crippen LogP) is 1.05. The number of nitrogens with two attached hydrogens (primary N) is 1. The molecule has 1 heterocycles. The van der Waals surface area contributed by atoms with Crippen LogP contribution in [0.2, 0.25) is 0 Å². The van der Waals surface area contributed by atoms with Crippen LogP contribution in [0.3, 0.4) is 0 Å². The maximum atomic E-state index is 12.7. The van der Waals surface area contributed by atoms with Crippen molar-refractivity contribution in [1.82, 2.24) is 4.98 Å². The number of aromatic carboxylic acids is 1. The molecule has 0 aliphatic rings. The lowest BCUT2D eigenvalue weighted by Crippen LogP contribution is -2.13. The topological polar surface area (TPSA) is 100 Å². The number of hydrogen-bond acceptors (Lipinski definition) is 4. The summed E-state index contributed by atoms with van der Waals surface area (Å²) >= 11 is 0. The van der Waals surface area contributed by atoms with E-state index in [4.69, 9.17) is 16.1 Å². The van der Waals surface area contributed by atoms with E-state index in [-0.39, 0.29) is 17.7 Å². The molecule has 3 N–H and O–H groups in total. The molecule has 0 fully saturated rings. The Morgan fingerprint density at radius 2 is 2.31 bits per heavy atom. The molecule has 0 radical (unpaired) electrons. The molecule has 84 valence electrons. The first-order valence-electron chi connectivity index (χ1n) is 4.16. The molecule has 0 atom stereocenters. The monoisotopic (exact) mass is 227 g/mol. The van der Waals surface area contributed by atoms with Gasteiger partial charge in [-0.1, -0.05) is 0 Å². The zero-order chi connectivity index (χ0) is 12.3. The standard InChI is InChI=1S/C9H7F2N3O2/c10-8(11)6-5(2-13)4(1-12)3-14-7(6)9(15)16/h3,8H,2,13H2,(H,15,16). The van der Waals surface area contributed by atoms with Crippen LogP contribution in [-0.2, 0) is 6.54 Å². The SMILES string of the molecule is N#Cc1cnc(C(=O)O)c(C(F)F)c1CN. The number of hydrogen-bond donors (Lipinski definition) is 2. The minimum Gasteiger partial charge on any atom is -0.476 e. The molecule has 5 nitrogen and oxygen atoms in total. The molecule has 0 aromatic carbocycles. The lowest BCUT2D eigenvalue weighted by Gasteiger charge is -2.10. The average molecular weight is 227 g/mol. The maximum Gasteiger partial charge on any atom is 0.355 e. The molecule has 0 saturated heterocycles. The third-order valence-corrected chi connectivity index (χ3v) is 1.97. The highest BCUT2D eigenvalue weighted by Crippen LogP contribution is 2.27. The van der Waals surface area contributed by atoms with Gasteiger partial charge in [0.2, 0.25) is 0 Å². The molecule has 0 spiro atoms. The van der Waals surface area contributed by atoms with Crippen molar-refractivity contribution in [2.45, 2.75) is 13.0 Å². The quantitative estimate of drug-likeness (QED) is 0.803. The van der Waals surface area contributed by atoms with Gasteiger partial charge in [-0.2, -0.15) is 5.26 Å². The second-order valence-corrected chi connectivity index (χ2v) is 2.83. The second kappa shape index (κ2) is 4.63. The van der Waals surface area contributed by atoms with Crippen LogP contribution >= 0.6 is 0 Å². The number of pyridine rings is 1. The van der Waals surface area contributed by atoms with Crippen molar-refractivity contribution in [3.8, 4) is 6.07 Å². The van der Waals surface area contributed by atoms with Crippen molar-refractivity contribution in [2.75, 3.05) is 0 Å². The number of aromatic nitrogens is 1. The molecule has 0 aliphatic carbocycles. The van der Waals surface area contributed by atoms with Crippen LogP contribution in [0.25, 0.3) is 0 Å². The predicted molar refractivity (Wildman–Crippen MR) is 48.8 cm³/mol. The number of halogens is 2. The van der Waals surface area contributed by atoms with Crippen molar-refractivity contribution in [3.05, 3.63) is 28.6 Å². The lowest BCUT2D eigenvalue weighted by molar-refractivity contribution is 0.0676. The Morgan fingerprint density at radius 3 is 2.69 bits per heavy atom. The minimum atomic E-state index is -3.04. The second-order valence-electron chi connectivity index (χ2n) is 2.83. The molecule has 1 aromatic rings. The molecule has 1 aromatic heterocycles. The van der Waals surface area contributed by atoms with E-state index in [1.54, 1.807) is 6.07 Å². The summed E-state index contributed by atoms with van der Waals surface area (Å²) in [5, 5.41) is 17.3. The Hall–Kier alpha value is -2.07. The Kier molecular flexibility index (Phi) is 3.48. The summed E-state index contributed by atoms with van der Waals surface area (Å²) in [6.07, 6.45) is -2.11. The van der Waals surface area contributed by atoms with Crippen LogP contribution in [0.5, 0.6) is 0 Å². The first-order valence-corrected chi connectivity index (χ1v) is 4.16. The number of nitrogens with zero attached hydrogens (tertiary/aromatic N) is 2. The Morgan fingerprint density at radius 1 is 1.69 bits per heavy atom. The Labute approximate surface area is 89.1 Å². The highest BCUT2D eigenvalue weighted by Gasteiger charge is 2.25. The van der Waals surface area contributed by atoms with Crippen molar-refractivity contribution >= 4 is 5.97 Å². The van der Waals surface area contributed by atoms with E-state index < -0.39 is 23.7 Å². The molecule has 0 saturated carbocycles. The Balaban J connectivity index is 3.58. The van der Waals surface area contributed by atoms with Crippen molar-refractivity contribution in [1.29, 1.82) is 5.26 Å². The third kappa shape index (κ3) is 1.97. The van der Waals surface area contributed by atoms with E-state index in [2.05, 4.69) is 4.98 Å². The van der Waals surface area contributed by atoms with Gasteiger partial charge in [0, 0.05) is 12.7 Å². The number of alkyl halides is 2. The number of carboxylic acid groups (broad SMARTS) is 1. The molecule has 0 amide bonds. The molecule has 7 heteroatoms. The van der Waals surface area contributed by atoms with Gasteiger partial charge in [-0.05, 0) is 5.56 Å². The van der Waals surface area contributed by atoms with Crippen molar-refractivity contribution in [2.24, 2.45) is 5.73 Å². The van der Waals surface area contributed by atoms with E-state index in [1.807, 2.05) is 0 Å². The summed E-state index contributed by atoms with van der Waals surface area (Å²) in [7, 11) is 0. The largest absolute Gasteiger partial charge is 0.476 e. The molecule has 16 heavy (non-hydrogen) atoms. The first-order chi connectivity index (χ1) is 7.52. The summed E-state index contributed by atoms with van der Waals surface area (Å²) in [6.45, 7) is -0.342. The molecule has 0 unspecified atom stereocenters. The van der Waals surface area contributed by atoms with Crippen LogP contribution in [0, 0.1) is 11.3 Å². The molecule has 0 aliphatic heterocycles. The normalized spacial score (nSPS) is 10.2. The summed E-state index contributed by atoms with van der Waals surface area (Å²) in [4.78, 5) is 14.0. The van der Waals surface area contributed by atoms with E-state index in [0.29, 0.717) is 0 Å². The molecule has 1 rings (SSSR count). The van der Waals surface area contributed by atoms with Gasteiger partial charge in [-0.3, -0.25) is 0 Å². The molecular formula is C9H7F2N3O2. The fraction of sp³-hybridized carbons (Fsp3) is 0.222. The number of rotatable bonds is 3. The van der Waals surface area contributed by atoms with Gasteiger partial charge in [0.15, 0.2) is 5.69 Å². The van der Waals surface area contributed by atoms with E-state index in [1.165, 1.54) is 0 Å². The van der Waals surface area contributed by atoms with Crippen LogP contribution in [0.4, 0.5) is 8.78 Å². The number of carboxylic acids is 1. The summed E-state index contributed by atoms with van der Waals surface area (Å²) in [5.74, 6) is -1.57. The average Bonchev–Trinajstić information content (AvgIpc) is 2.26. The van der Waals surface area contributed by atoms with Crippen LogP contribution < -0.4 is 5.73 Å². The first kappa shape index (κ1) is 12.0. The summed E-state index contributed by atoms with van der Waals surface area (Å²) in [6, 6.07) is 1.64. The molecule has 0 bridgehead atoms. The summed E-state index contributed by atoms with van der Waals surface area (Å²) in [5.41, 5.74) is 3.36. The summed E-state index contributed by atoms with van der Waals surface area (Å²) < 4.78 is 25.4. The van der Waals surface area contributed by atoms with Crippen LogP contribution in [0.1, 0.15) is 33.6 Å². The van der Waals surface area contributed by atoms with Gasteiger partial charge in [-0.25, -0.2) is 18.6 Å². The van der Waals surface area contributed by atoms with Gasteiger partial charge < -0.3 is 10.8 Å². The van der Waals surface area contributed by atoms with Gasteiger partial charge in [0.05, 0.1) is 11.1 Å². The van der Waals surface area contributed by atoms with Gasteiger partial charge >= 0.3 is 5.97 Å². The Bertz CT molecular complexity index is 469. The minimum absolute atomic E-state index is 0.136. The van der Waals surface area contributed by atoms with Gasteiger partial charge in [-0.15, -0.1) is 0 Å². The van der Waals surface area contributed by atoms with Crippen molar-refractivity contribution in [3.63, 3.8) is 0 Å². The number of carbonyl (C=O) groups is 1. The fourth-order valence-electron chi connectivity index (χ4n) is 1.29. The van der Waals surface area contributed by atoms with E-state index in [0.717, 1.165) is 6.20 Å². The number of nitriles is 1.